The summed E-state index contributed by atoms with van der Waals surface area (Å²) in [5, 5.41) is 21.8. The zero-order valence-electron chi connectivity index (χ0n) is 14.2. The van der Waals surface area contributed by atoms with Crippen LogP contribution in [-0.2, 0) is 4.79 Å². The summed E-state index contributed by atoms with van der Waals surface area (Å²) in [6, 6.07) is 15.9. The van der Waals surface area contributed by atoms with Crippen molar-refractivity contribution in [3.05, 3.63) is 65.2 Å². The van der Waals surface area contributed by atoms with E-state index in [1.807, 2.05) is 43.3 Å². The zero-order valence-corrected chi connectivity index (χ0v) is 14.2. The third kappa shape index (κ3) is 4.85. The number of carbonyl (C=O) groups excluding carboxylic acids is 1. The number of amides is 1. The monoisotopic (exact) mass is 336 g/mol. The molecule has 25 heavy (non-hydrogen) atoms. The lowest BCUT2D eigenvalue weighted by atomic mass is 10.1. The van der Waals surface area contributed by atoms with E-state index in [-0.39, 0.29) is 17.4 Å². The van der Waals surface area contributed by atoms with E-state index < -0.39 is 5.91 Å². The molecule has 2 aromatic carbocycles. The van der Waals surface area contributed by atoms with Gasteiger partial charge in [-0.3, -0.25) is 4.79 Å². The van der Waals surface area contributed by atoms with Crippen LogP contribution in [0.15, 0.2) is 54.1 Å². The molecule has 1 unspecified atom stereocenters. The van der Waals surface area contributed by atoms with Crippen LogP contribution in [0.4, 0.5) is 0 Å². The molecule has 2 rings (SSSR count). The number of nitrogens with zero attached hydrogens (tertiary/aromatic N) is 1. The summed E-state index contributed by atoms with van der Waals surface area (Å²) in [4.78, 5) is 12.4. The molecule has 2 aromatic rings. The van der Waals surface area contributed by atoms with Crippen LogP contribution >= 0.6 is 0 Å². The summed E-state index contributed by atoms with van der Waals surface area (Å²) < 4.78 is 5.31. The summed E-state index contributed by atoms with van der Waals surface area (Å²) in [6.07, 6.45) is 1.47. The van der Waals surface area contributed by atoms with E-state index in [9.17, 15) is 15.2 Å². The Labute approximate surface area is 147 Å². The second kappa shape index (κ2) is 8.55. The summed E-state index contributed by atoms with van der Waals surface area (Å²) >= 11 is 0. The highest BCUT2D eigenvalue weighted by Gasteiger charge is 2.14. The molecular weight excluding hydrogens is 316 g/mol. The van der Waals surface area contributed by atoms with E-state index in [0.29, 0.717) is 17.9 Å². The van der Waals surface area contributed by atoms with E-state index in [1.54, 1.807) is 19.1 Å². The predicted octanol–water partition coefficient (Wildman–Crippen LogP) is 3.58. The number of nitrogens with one attached hydrogen (secondary N) is 1. The first-order valence-corrected chi connectivity index (χ1v) is 7.98. The van der Waals surface area contributed by atoms with Crippen LogP contribution < -0.4 is 10.1 Å². The number of phenols is 1. The van der Waals surface area contributed by atoms with Crippen molar-refractivity contribution in [2.45, 2.75) is 19.9 Å². The normalized spacial score (nSPS) is 12.1. The molecule has 0 saturated carbocycles. The highest BCUT2D eigenvalue weighted by molar-refractivity contribution is 6.01. The van der Waals surface area contributed by atoms with Crippen LogP contribution in [0.2, 0.25) is 0 Å². The van der Waals surface area contributed by atoms with Crippen LogP contribution in [-0.4, -0.2) is 17.6 Å². The summed E-state index contributed by atoms with van der Waals surface area (Å²) in [7, 11) is 0. The first-order chi connectivity index (χ1) is 12.0. The first kappa shape index (κ1) is 18.1. The maximum absolute atomic E-state index is 12.4. The molecule has 0 aliphatic rings. The number of benzene rings is 2. The van der Waals surface area contributed by atoms with E-state index in [0.717, 1.165) is 5.56 Å². The van der Waals surface area contributed by atoms with Crippen molar-refractivity contribution in [3.8, 4) is 17.6 Å². The van der Waals surface area contributed by atoms with Gasteiger partial charge in [0.1, 0.15) is 11.6 Å². The van der Waals surface area contributed by atoms with Gasteiger partial charge < -0.3 is 15.2 Å². The number of rotatable bonds is 6. The number of phenolic OH excluding ortho intramolecular Hbond substituents is 1. The average molecular weight is 336 g/mol. The topological polar surface area (TPSA) is 82.3 Å². The quantitative estimate of drug-likeness (QED) is 0.624. The standard InChI is InChI=1S/C20H20N2O3/c1-3-25-19-12-15(9-10-18(19)23)11-17(13-21)20(24)22-14(2)16-7-5-4-6-8-16/h4-12,14,23H,3H2,1-2H3,(H,22,24)/b17-11+. The van der Waals surface area contributed by atoms with Gasteiger partial charge >= 0.3 is 0 Å². The zero-order chi connectivity index (χ0) is 18.2. The van der Waals surface area contributed by atoms with Crippen LogP contribution in [0.25, 0.3) is 6.08 Å². The molecule has 2 N–H and O–H groups in total. The SMILES string of the molecule is CCOc1cc(/C=C(\C#N)C(=O)NC(C)c2ccccc2)ccc1O. The highest BCUT2D eigenvalue weighted by Crippen LogP contribution is 2.27. The van der Waals surface area contributed by atoms with Crippen molar-refractivity contribution in [3.63, 3.8) is 0 Å². The van der Waals surface area contributed by atoms with E-state index >= 15 is 0 Å². The van der Waals surface area contributed by atoms with Crippen molar-refractivity contribution >= 4 is 12.0 Å². The highest BCUT2D eigenvalue weighted by atomic mass is 16.5. The molecule has 1 amide bonds. The Morgan fingerprint density at radius 3 is 2.68 bits per heavy atom. The Kier molecular flexibility index (Phi) is 6.19. The molecule has 0 spiro atoms. The van der Waals surface area contributed by atoms with E-state index in [1.165, 1.54) is 12.1 Å². The molecule has 0 aromatic heterocycles. The first-order valence-electron chi connectivity index (χ1n) is 7.98. The molecule has 0 fully saturated rings. The molecule has 0 aliphatic carbocycles. The Hall–Kier alpha value is -3.26. The molecule has 128 valence electrons. The average Bonchev–Trinajstić information content (AvgIpc) is 2.63. The van der Waals surface area contributed by atoms with E-state index in [2.05, 4.69) is 5.32 Å². The van der Waals surface area contributed by atoms with Crippen molar-refractivity contribution in [1.82, 2.24) is 5.32 Å². The lowest BCUT2D eigenvalue weighted by molar-refractivity contribution is -0.117. The van der Waals surface area contributed by atoms with Crippen molar-refractivity contribution in [2.24, 2.45) is 0 Å². The number of ether oxygens (including phenoxy) is 1. The lowest BCUT2D eigenvalue weighted by Crippen LogP contribution is -2.27. The van der Waals surface area contributed by atoms with Gasteiger partial charge in [0, 0.05) is 0 Å². The number of hydrogen-bond donors (Lipinski definition) is 2. The molecule has 0 saturated heterocycles. The molecule has 0 aliphatic heterocycles. The van der Waals surface area contributed by atoms with E-state index in [4.69, 9.17) is 4.74 Å². The summed E-state index contributed by atoms with van der Waals surface area (Å²) in [5.41, 5.74) is 1.53. The number of nitriles is 1. The maximum Gasteiger partial charge on any atom is 0.262 e. The number of hydrogen-bond acceptors (Lipinski definition) is 4. The fraction of sp³-hybridized carbons (Fsp3) is 0.200. The van der Waals surface area contributed by atoms with Crippen molar-refractivity contribution in [1.29, 1.82) is 5.26 Å². The summed E-state index contributed by atoms with van der Waals surface area (Å²) in [6.45, 7) is 4.07. The Balaban J connectivity index is 2.18. The van der Waals surface area contributed by atoms with Crippen molar-refractivity contribution in [2.75, 3.05) is 6.61 Å². The maximum atomic E-state index is 12.4. The molecule has 0 bridgehead atoms. The van der Waals surface area contributed by atoms with Gasteiger partial charge in [0.25, 0.3) is 5.91 Å². The van der Waals surface area contributed by atoms with Gasteiger partial charge in [0.15, 0.2) is 11.5 Å². The van der Waals surface area contributed by atoms with Crippen LogP contribution in [0, 0.1) is 11.3 Å². The number of carbonyl (C=O) groups is 1. The minimum Gasteiger partial charge on any atom is -0.504 e. The molecular formula is C20H20N2O3. The summed E-state index contributed by atoms with van der Waals surface area (Å²) in [5.74, 6) is -0.129. The van der Waals surface area contributed by atoms with Crippen LogP contribution in [0.3, 0.4) is 0 Å². The second-order valence-corrected chi connectivity index (χ2v) is 5.44. The predicted molar refractivity (Wildman–Crippen MR) is 95.9 cm³/mol. The van der Waals surface area contributed by atoms with Gasteiger partial charge in [0.2, 0.25) is 0 Å². The van der Waals surface area contributed by atoms with Crippen molar-refractivity contribution < 1.29 is 14.6 Å². The fourth-order valence-electron chi connectivity index (χ4n) is 2.31. The van der Waals surface area contributed by atoms with Gasteiger partial charge in [-0.05, 0) is 43.2 Å². The third-order valence-electron chi connectivity index (χ3n) is 3.61. The van der Waals surface area contributed by atoms with Gasteiger partial charge in [-0.1, -0.05) is 36.4 Å². The molecule has 0 heterocycles. The van der Waals surface area contributed by atoms with Gasteiger partial charge in [0.05, 0.1) is 12.6 Å². The molecule has 5 heteroatoms. The van der Waals surface area contributed by atoms with Gasteiger partial charge in [-0.15, -0.1) is 0 Å². The number of aromatic hydroxyl groups is 1. The minimum atomic E-state index is -0.454. The fourth-order valence-corrected chi connectivity index (χ4v) is 2.31. The van der Waals surface area contributed by atoms with Gasteiger partial charge in [-0.25, -0.2) is 0 Å². The largest absolute Gasteiger partial charge is 0.504 e. The van der Waals surface area contributed by atoms with Crippen LogP contribution in [0.1, 0.15) is 31.0 Å². The Morgan fingerprint density at radius 1 is 1.32 bits per heavy atom. The Morgan fingerprint density at radius 2 is 2.04 bits per heavy atom. The van der Waals surface area contributed by atoms with Crippen LogP contribution in [0.5, 0.6) is 11.5 Å². The lowest BCUT2D eigenvalue weighted by Gasteiger charge is -2.13. The molecule has 1 atom stereocenters. The molecule has 0 radical (unpaired) electrons. The Bertz CT molecular complexity index is 807. The molecule has 5 nitrogen and oxygen atoms in total. The smallest absolute Gasteiger partial charge is 0.262 e. The third-order valence-corrected chi connectivity index (χ3v) is 3.61. The second-order valence-electron chi connectivity index (χ2n) is 5.44. The van der Waals surface area contributed by atoms with Gasteiger partial charge in [-0.2, -0.15) is 5.26 Å². The minimum absolute atomic E-state index is 0.0136.